The molecule has 0 bridgehead atoms. The number of nitrogens with zero attached hydrogens (tertiary/aromatic N) is 4. The van der Waals surface area contributed by atoms with Gasteiger partial charge < -0.3 is 0 Å². The van der Waals surface area contributed by atoms with Gasteiger partial charge in [-0.1, -0.05) is 428 Å². The van der Waals surface area contributed by atoms with Gasteiger partial charge >= 0.3 is 0 Å². The van der Waals surface area contributed by atoms with Gasteiger partial charge in [-0.25, -0.2) is 9.69 Å². The maximum Gasteiger partial charge on any atom is 0.187 e. The molecule has 0 aromatic heterocycles. The van der Waals surface area contributed by atoms with Crippen molar-refractivity contribution in [3.8, 4) is 135 Å². The van der Waals surface area contributed by atoms with Gasteiger partial charge in [0.25, 0.3) is 0 Å². The second kappa shape index (κ2) is 33.6. The lowest BCUT2D eigenvalue weighted by atomic mass is 9.79. The van der Waals surface area contributed by atoms with Crippen molar-refractivity contribution >= 4 is 162 Å². The molecule has 0 spiro atoms. The first kappa shape index (κ1) is 86.4. The third kappa shape index (κ3) is 13.3. The third-order valence-electron chi connectivity index (χ3n) is 32.6. The van der Waals surface area contributed by atoms with Crippen LogP contribution in [0.2, 0.25) is 0 Å². The molecule has 148 heavy (non-hydrogen) atoms. The molecule has 0 aliphatic heterocycles. The standard InChI is InChI=1S/C55H36.C45H28N2.C44H24N2/c1-55(2)50-18-10-9-17-46(50)53-42-16-8-7-15-41(42)49(32-51(53)55)48-31-47(39-22-20-34-12-4-6-14-37(34)30-39)44-28-27-43-40(25-23-35-24-26-45(48)54(44)52(35)43)38-21-19-33-11-3-5-13-36(33)29-38;1-45(2)40-9-5-4-7-37(40)43-33(8-6-10-41(43)45)39-25-38(29-15-19-31(47-3)20-16-29)35-22-18-30-17-21-32(28-13-11-27(26-46)12-14-28)34-23-24-36(39)44(35)42(30)34;1-46-32-18-13-30(14-19-32)41-25-42(36-8-4-7-35-33-6-3-2-5-28(33)15-21-37(35)36)40-24-23-38-34(29-11-9-27(26-45)10-12-29)20-16-31-17-22-39(41)44(40)43(31)38/h3-32H,1-2H3;4-25H,1-2H3;2-25H. The second-order valence-electron chi connectivity index (χ2n) is 41.0. The molecule has 30 rings (SSSR count). The molecule has 0 saturated heterocycles. The van der Waals surface area contributed by atoms with Crippen LogP contribution in [0.5, 0.6) is 0 Å². The van der Waals surface area contributed by atoms with E-state index in [0.717, 1.165) is 44.5 Å². The number of hydrogen-bond donors (Lipinski definition) is 0. The van der Waals surface area contributed by atoms with Gasteiger partial charge in [-0.05, 0) is 356 Å². The molecule has 0 N–H and O–H groups in total. The van der Waals surface area contributed by atoms with Gasteiger partial charge in [0.2, 0.25) is 0 Å². The maximum atomic E-state index is 9.40. The van der Waals surface area contributed by atoms with Crippen molar-refractivity contribution in [2.24, 2.45) is 0 Å². The van der Waals surface area contributed by atoms with Crippen molar-refractivity contribution < 1.29 is 0 Å². The first-order chi connectivity index (χ1) is 72.7. The molecule has 0 atom stereocenters. The lowest BCUT2D eigenvalue weighted by Crippen LogP contribution is -2.15. The Morgan fingerprint density at radius 1 is 0.176 bits per heavy atom. The number of fused-ring (bicyclic) bond motifs is 13. The van der Waals surface area contributed by atoms with Crippen molar-refractivity contribution in [1.29, 1.82) is 10.5 Å². The minimum Gasteiger partial charge on any atom is -0.238 e. The fraction of sp³-hybridized carbons (Fsp3) is 0.0417. The van der Waals surface area contributed by atoms with Gasteiger partial charge in [0, 0.05) is 10.8 Å². The fourth-order valence-electron chi connectivity index (χ4n) is 25.5. The van der Waals surface area contributed by atoms with E-state index in [4.69, 9.17) is 13.1 Å². The van der Waals surface area contributed by atoms with E-state index >= 15 is 0 Å². The summed E-state index contributed by atoms with van der Waals surface area (Å²) in [4.78, 5) is 7.30. The summed E-state index contributed by atoms with van der Waals surface area (Å²) < 4.78 is 0. The predicted molar refractivity (Wildman–Crippen MR) is 624 cm³/mol. The quantitative estimate of drug-likeness (QED) is 0.107. The van der Waals surface area contributed by atoms with Crippen LogP contribution in [0.1, 0.15) is 61.1 Å². The van der Waals surface area contributed by atoms with Crippen LogP contribution in [0.25, 0.3) is 283 Å². The minimum atomic E-state index is -0.121. The molecule has 4 heteroatoms. The molecule has 0 fully saturated rings. The van der Waals surface area contributed by atoms with Gasteiger partial charge in [0.1, 0.15) is 0 Å². The van der Waals surface area contributed by atoms with Crippen LogP contribution in [-0.2, 0) is 10.8 Å². The molecule has 28 aromatic carbocycles. The SMILES string of the molecule is CC1(C)c2ccccc2-c2c1cc(-c1cc(-c3ccc4ccccc4c3)c3ccc4c(-c5ccc6ccccc6c5)ccc5ccc1c3c54)c1ccccc21.[C-]#[N+]c1ccc(-c2cc(-c3cccc4c3-c3ccccc3C4(C)C)c3ccc4c(-c5ccc(C#N)cc5)ccc5ccc2c3c54)cc1.[C-]#[N+]c1ccc(-c2cc(-c3cccc4c3ccc3ccccc34)c3ccc4c(-c5ccc(C#N)cc5)ccc5ccc2c3c54)cc1. The number of nitriles is 2. The van der Waals surface area contributed by atoms with Crippen molar-refractivity contribution in [3.05, 3.63) is 517 Å². The smallest absolute Gasteiger partial charge is 0.187 e. The fourth-order valence-corrected chi connectivity index (χ4v) is 25.5. The van der Waals surface area contributed by atoms with Crippen LogP contribution in [-0.4, -0.2) is 0 Å². The molecule has 0 amide bonds. The highest BCUT2D eigenvalue weighted by molar-refractivity contribution is 6.35. The molecule has 4 nitrogen and oxygen atoms in total. The third-order valence-corrected chi connectivity index (χ3v) is 32.6. The van der Waals surface area contributed by atoms with Crippen LogP contribution in [0.15, 0.2) is 461 Å². The first-order valence-corrected chi connectivity index (χ1v) is 50.7. The van der Waals surface area contributed by atoms with Crippen LogP contribution >= 0.6 is 0 Å². The lowest BCUT2D eigenvalue weighted by Gasteiger charge is -2.24. The molecule has 0 saturated carbocycles. The van der Waals surface area contributed by atoms with E-state index < -0.39 is 0 Å². The van der Waals surface area contributed by atoms with E-state index in [1.165, 1.54) is 251 Å². The largest absolute Gasteiger partial charge is 0.238 e. The van der Waals surface area contributed by atoms with Crippen LogP contribution < -0.4 is 0 Å². The van der Waals surface area contributed by atoms with Crippen LogP contribution in [0.4, 0.5) is 11.4 Å². The Balaban J connectivity index is 0.000000108. The molecular formula is C144H88N4. The lowest BCUT2D eigenvalue weighted by molar-refractivity contribution is 0.660. The number of benzene rings is 28. The molecule has 2 aliphatic rings. The topological polar surface area (TPSA) is 56.3 Å². The average molecular weight is 1870 g/mol. The van der Waals surface area contributed by atoms with E-state index in [2.05, 4.69) is 438 Å². The number of rotatable bonds is 9. The summed E-state index contributed by atoms with van der Waals surface area (Å²) in [5, 5.41) is 53.8. The van der Waals surface area contributed by atoms with Gasteiger partial charge in [0.15, 0.2) is 11.4 Å². The average Bonchev–Trinajstić information content (AvgIpc) is 1.42. The summed E-state index contributed by atoms with van der Waals surface area (Å²) in [6.07, 6.45) is 0. The molecule has 0 unspecified atom stereocenters. The Morgan fingerprint density at radius 2 is 0.473 bits per heavy atom. The highest BCUT2D eigenvalue weighted by Gasteiger charge is 2.40. The first-order valence-electron chi connectivity index (χ1n) is 50.7. The zero-order valence-corrected chi connectivity index (χ0v) is 81.7. The zero-order chi connectivity index (χ0) is 99.1. The van der Waals surface area contributed by atoms with Crippen LogP contribution in [0.3, 0.4) is 0 Å². The highest BCUT2D eigenvalue weighted by atomic mass is 14.6. The summed E-state index contributed by atoms with van der Waals surface area (Å²) in [7, 11) is 0. The summed E-state index contributed by atoms with van der Waals surface area (Å²) >= 11 is 0. The van der Waals surface area contributed by atoms with Crippen LogP contribution in [0, 0.1) is 35.8 Å². The Bertz CT molecular complexity index is 10700. The second-order valence-corrected chi connectivity index (χ2v) is 41.0. The minimum absolute atomic E-state index is 0.0971. The van der Waals surface area contributed by atoms with Crippen molar-refractivity contribution in [3.63, 3.8) is 0 Å². The zero-order valence-electron chi connectivity index (χ0n) is 81.7. The van der Waals surface area contributed by atoms with E-state index in [9.17, 15) is 10.5 Å². The van der Waals surface area contributed by atoms with E-state index in [-0.39, 0.29) is 10.8 Å². The molecule has 2 aliphatic carbocycles. The van der Waals surface area contributed by atoms with Crippen molar-refractivity contribution in [2.45, 2.75) is 38.5 Å². The summed E-state index contributed by atoms with van der Waals surface area (Å²) in [6, 6.07) is 172. The van der Waals surface area contributed by atoms with Gasteiger partial charge in [-0.15, -0.1) is 0 Å². The molecule has 684 valence electrons. The predicted octanol–water partition coefficient (Wildman–Crippen LogP) is 40.0. The molecule has 28 aromatic rings. The molecule has 0 radical (unpaired) electrons. The summed E-state index contributed by atoms with van der Waals surface area (Å²) in [5.41, 5.74) is 34.7. The highest BCUT2D eigenvalue weighted by Crippen LogP contribution is 2.59. The summed E-state index contributed by atoms with van der Waals surface area (Å²) in [6.45, 7) is 24.5. The van der Waals surface area contributed by atoms with E-state index in [0.29, 0.717) is 22.5 Å². The Labute approximate surface area is 856 Å². The Kier molecular flexibility index (Phi) is 19.6. The van der Waals surface area contributed by atoms with Gasteiger partial charge in [0.05, 0.1) is 36.4 Å². The molecular weight excluding hydrogens is 1790 g/mol. The maximum absolute atomic E-state index is 9.40. The molecule has 0 heterocycles. The van der Waals surface area contributed by atoms with E-state index in [1.807, 2.05) is 72.8 Å². The van der Waals surface area contributed by atoms with Gasteiger partial charge in [-0.2, -0.15) is 10.5 Å². The van der Waals surface area contributed by atoms with Crippen molar-refractivity contribution in [2.75, 3.05) is 0 Å². The number of hydrogen-bond acceptors (Lipinski definition) is 2. The summed E-state index contributed by atoms with van der Waals surface area (Å²) in [5.74, 6) is 0. The van der Waals surface area contributed by atoms with Crippen molar-refractivity contribution in [1.82, 2.24) is 0 Å². The Morgan fingerprint density at radius 3 is 0.966 bits per heavy atom. The van der Waals surface area contributed by atoms with E-state index in [1.54, 1.807) is 0 Å². The van der Waals surface area contributed by atoms with Gasteiger partial charge in [-0.3, -0.25) is 0 Å². The Hall–Kier alpha value is -19.5. The monoisotopic (exact) mass is 1870 g/mol. The normalized spacial score (nSPS) is 12.7.